The van der Waals surface area contributed by atoms with Crippen LogP contribution in [0.2, 0.25) is 5.02 Å². The van der Waals surface area contributed by atoms with Crippen LogP contribution in [0.1, 0.15) is 24.8 Å². The van der Waals surface area contributed by atoms with E-state index in [4.69, 9.17) is 11.6 Å². The lowest BCUT2D eigenvalue weighted by Gasteiger charge is -2.10. The van der Waals surface area contributed by atoms with Crippen molar-refractivity contribution in [3.63, 3.8) is 0 Å². The number of hydrogen-bond acceptors (Lipinski definition) is 2. The maximum Gasteiger partial charge on any atom is 0.221 e. The van der Waals surface area contributed by atoms with E-state index >= 15 is 0 Å². The summed E-state index contributed by atoms with van der Waals surface area (Å²) in [4.78, 5) is 11.7. The van der Waals surface area contributed by atoms with Gasteiger partial charge in [-0.1, -0.05) is 23.7 Å². The second-order valence-electron chi connectivity index (χ2n) is 4.40. The lowest BCUT2D eigenvalue weighted by Crippen LogP contribution is -2.31. The molecule has 17 heavy (non-hydrogen) atoms. The van der Waals surface area contributed by atoms with Gasteiger partial charge in [0.2, 0.25) is 5.91 Å². The Bertz CT molecular complexity index is 389. The minimum absolute atomic E-state index is 0.101. The average Bonchev–Trinajstić information content (AvgIpc) is 2.79. The maximum absolute atomic E-state index is 11.7. The van der Waals surface area contributed by atoms with Gasteiger partial charge < -0.3 is 10.6 Å². The molecule has 0 saturated carbocycles. The van der Waals surface area contributed by atoms with Crippen LogP contribution in [0.5, 0.6) is 0 Å². The molecule has 1 heterocycles. The normalized spacial score (nSPS) is 19.2. The summed E-state index contributed by atoms with van der Waals surface area (Å²) in [6.45, 7) is 1.58. The minimum Gasteiger partial charge on any atom is -0.352 e. The number of hydrogen-bond donors (Lipinski definition) is 2. The van der Waals surface area contributed by atoms with E-state index in [1.54, 1.807) is 0 Å². The number of carbonyl (C=O) groups is 1. The number of halogens is 1. The van der Waals surface area contributed by atoms with Crippen molar-refractivity contribution in [1.29, 1.82) is 0 Å². The van der Waals surface area contributed by atoms with Gasteiger partial charge in [-0.25, -0.2) is 0 Å². The molecule has 1 amide bonds. The van der Waals surface area contributed by atoms with Crippen LogP contribution in [-0.4, -0.2) is 18.5 Å². The summed E-state index contributed by atoms with van der Waals surface area (Å²) < 4.78 is 0. The van der Waals surface area contributed by atoms with Crippen LogP contribution in [0.4, 0.5) is 0 Å². The Kier molecular flexibility index (Phi) is 4.40. The van der Waals surface area contributed by atoms with Crippen molar-refractivity contribution in [2.45, 2.75) is 31.8 Å². The number of benzene rings is 1. The third-order valence-corrected chi connectivity index (χ3v) is 3.21. The van der Waals surface area contributed by atoms with Crippen LogP contribution in [0.3, 0.4) is 0 Å². The molecule has 4 heteroatoms. The molecule has 2 rings (SSSR count). The summed E-state index contributed by atoms with van der Waals surface area (Å²) in [6, 6.07) is 7.90. The van der Waals surface area contributed by atoms with Crippen molar-refractivity contribution in [2.24, 2.45) is 0 Å². The Balaban J connectivity index is 1.75. The molecule has 1 saturated heterocycles. The molecule has 1 aromatic carbocycles. The van der Waals surface area contributed by atoms with Gasteiger partial charge in [-0.15, -0.1) is 0 Å². The summed E-state index contributed by atoms with van der Waals surface area (Å²) in [5, 5.41) is 6.93. The van der Waals surface area contributed by atoms with E-state index in [9.17, 15) is 4.79 Å². The predicted molar refractivity (Wildman–Crippen MR) is 68.9 cm³/mol. The van der Waals surface area contributed by atoms with E-state index < -0.39 is 0 Å². The van der Waals surface area contributed by atoms with Gasteiger partial charge in [0.25, 0.3) is 0 Å². The van der Waals surface area contributed by atoms with Crippen LogP contribution in [-0.2, 0) is 11.3 Å². The zero-order valence-electron chi connectivity index (χ0n) is 9.71. The van der Waals surface area contributed by atoms with Crippen LogP contribution in [0.15, 0.2) is 24.3 Å². The highest BCUT2D eigenvalue weighted by Gasteiger charge is 2.17. The van der Waals surface area contributed by atoms with Crippen molar-refractivity contribution in [2.75, 3.05) is 6.54 Å². The molecule has 0 radical (unpaired) electrons. The summed E-state index contributed by atoms with van der Waals surface area (Å²) in [6.07, 6.45) is 2.84. The molecule has 1 fully saturated rings. The van der Waals surface area contributed by atoms with Crippen LogP contribution < -0.4 is 10.6 Å². The van der Waals surface area contributed by atoms with Gasteiger partial charge in [-0.2, -0.15) is 0 Å². The minimum atomic E-state index is 0.101. The fraction of sp³-hybridized carbons (Fsp3) is 0.462. The van der Waals surface area contributed by atoms with Crippen molar-refractivity contribution < 1.29 is 4.79 Å². The number of amides is 1. The Hall–Kier alpha value is -1.06. The van der Waals surface area contributed by atoms with Crippen LogP contribution in [0, 0.1) is 0 Å². The van der Waals surface area contributed by atoms with Gasteiger partial charge in [0.15, 0.2) is 0 Å². The first-order chi connectivity index (χ1) is 8.24. The van der Waals surface area contributed by atoms with Gasteiger partial charge >= 0.3 is 0 Å². The molecule has 0 spiro atoms. The van der Waals surface area contributed by atoms with Crippen molar-refractivity contribution in [3.05, 3.63) is 34.9 Å². The third kappa shape index (κ3) is 4.02. The summed E-state index contributed by atoms with van der Waals surface area (Å²) in [5.74, 6) is 0.101. The van der Waals surface area contributed by atoms with Crippen molar-refractivity contribution >= 4 is 17.5 Å². The largest absolute Gasteiger partial charge is 0.352 e. The monoisotopic (exact) mass is 252 g/mol. The molecule has 0 bridgehead atoms. The molecule has 0 aromatic heterocycles. The lowest BCUT2D eigenvalue weighted by atomic mass is 10.1. The SMILES string of the molecule is O=C(CC1CCCN1)NCc1cccc(Cl)c1. The van der Waals surface area contributed by atoms with E-state index in [0.717, 1.165) is 18.5 Å². The molecule has 3 nitrogen and oxygen atoms in total. The van der Waals surface area contributed by atoms with E-state index in [0.29, 0.717) is 24.0 Å². The van der Waals surface area contributed by atoms with Gasteiger partial charge in [-0.05, 0) is 37.1 Å². The van der Waals surface area contributed by atoms with Crippen molar-refractivity contribution in [1.82, 2.24) is 10.6 Å². The fourth-order valence-corrected chi connectivity index (χ4v) is 2.29. The molecular weight excluding hydrogens is 236 g/mol. The van der Waals surface area contributed by atoms with Crippen LogP contribution in [0.25, 0.3) is 0 Å². The first-order valence-electron chi connectivity index (χ1n) is 5.98. The molecular formula is C13H17ClN2O. The molecule has 1 aliphatic rings. The molecule has 1 unspecified atom stereocenters. The smallest absolute Gasteiger partial charge is 0.221 e. The first-order valence-corrected chi connectivity index (χ1v) is 6.36. The van der Waals surface area contributed by atoms with Gasteiger partial charge in [-0.3, -0.25) is 4.79 Å². The number of nitrogens with one attached hydrogen (secondary N) is 2. The topological polar surface area (TPSA) is 41.1 Å². The van der Waals surface area contributed by atoms with E-state index in [-0.39, 0.29) is 5.91 Å². The lowest BCUT2D eigenvalue weighted by molar-refractivity contribution is -0.121. The quantitative estimate of drug-likeness (QED) is 0.862. The Morgan fingerprint density at radius 3 is 3.12 bits per heavy atom. The Morgan fingerprint density at radius 1 is 1.53 bits per heavy atom. The third-order valence-electron chi connectivity index (χ3n) is 2.97. The molecule has 0 aliphatic carbocycles. The summed E-state index contributed by atoms with van der Waals surface area (Å²) in [5.41, 5.74) is 1.03. The second kappa shape index (κ2) is 6.03. The fourth-order valence-electron chi connectivity index (χ4n) is 2.07. The zero-order valence-corrected chi connectivity index (χ0v) is 10.5. The predicted octanol–water partition coefficient (Wildman–Crippen LogP) is 2.10. The molecule has 1 aliphatic heterocycles. The maximum atomic E-state index is 11.7. The standard InChI is InChI=1S/C13H17ClN2O/c14-11-4-1-3-10(7-11)9-16-13(17)8-12-5-2-6-15-12/h1,3-4,7,12,15H,2,5-6,8-9H2,(H,16,17). The highest BCUT2D eigenvalue weighted by atomic mass is 35.5. The van der Waals surface area contributed by atoms with E-state index in [1.807, 2.05) is 24.3 Å². The number of carbonyl (C=O) groups excluding carboxylic acids is 1. The first kappa shape index (κ1) is 12.4. The zero-order chi connectivity index (χ0) is 12.1. The Morgan fingerprint density at radius 2 is 2.41 bits per heavy atom. The molecule has 2 N–H and O–H groups in total. The highest BCUT2D eigenvalue weighted by Crippen LogP contribution is 2.11. The highest BCUT2D eigenvalue weighted by molar-refractivity contribution is 6.30. The number of rotatable bonds is 4. The second-order valence-corrected chi connectivity index (χ2v) is 4.84. The van der Waals surface area contributed by atoms with Gasteiger partial charge in [0.1, 0.15) is 0 Å². The average molecular weight is 253 g/mol. The molecule has 92 valence electrons. The van der Waals surface area contributed by atoms with Gasteiger partial charge in [0.05, 0.1) is 0 Å². The van der Waals surface area contributed by atoms with Gasteiger partial charge in [0, 0.05) is 24.0 Å². The van der Waals surface area contributed by atoms with Crippen LogP contribution >= 0.6 is 11.6 Å². The molecule has 1 aromatic rings. The van der Waals surface area contributed by atoms with E-state index in [1.165, 1.54) is 6.42 Å². The summed E-state index contributed by atoms with van der Waals surface area (Å²) in [7, 11) is 0. The molecule has 1 atom stereocenters. The van der Waals surface area contributed by atoms with Crippen molar-refractivity contribution in [3.8, 4) is 0 Å². The Labute approximate surface area is 107 Å². The van der Waals surface area contributed by atoms with E-state index in [2.05, 4.69) is 10.6 Å². The summed E-state index contributed by atoms with van der Waals surface area (Å²) >= 11 is 5.87.